The summed E-state index contributed by atoms with van der Waals surface area (Å²) in [6.45, 7) is 9.68. The molecule has 2 rings (SSSR count). The molecular formula is C26H38N4O6. The van der Waals surface area contributed by atoms with Crippen LogP contribution in [0.25, 0.3) is 0 Å². The Hall–Kier alpha value is -3.56. The number of carbonyl (C=O) groups is 3. The number of unbranched alkanes of at least 4 members (excludes halogenated alkanes) is 1. The van der Waals surface area contributed by atoms with Crippen LogP contribution >= 0.6 is 0 Å². The predicted octanol–water partition coefficient (Wildman–Crippen LogP) is 4.00. The van der Waals surface area contributed by atoms with Crippen LogP contribution in [0.1, 0.15) is 70.7 Å². The van der Waals surface area contributed by atoms with Crippen molar-refractivity contribution in [3.8, 4) is 11.5 Å². The van der Waals surface area contributed by atoms with Crippen molar-refractivity contribution >= 4 is 23.5 Å². The number of benzene rings is 1. The molecule has 0 saturated heterocycles. The van der Waals surface area contributed by atoms with E-state index in [9.17, 15) is 14.4 Å². The van der Waals surface area contributed by atoms with Crippen LogP contribution in [0.3, 0.4) is 0 Å². The molecule has 10 nitrogen and oxygen atoms in total. The Morgan fingerprint density at radius 1 is 1.14 bits per heavy atom. The number of amides is 3. The fourth-order valence-electron chi connectivity index (χ4n) is 3.74. The van der Waals surface area contributed by atoms with Gasteiger partial charge in [-0.3, -0.25) is 14.4 Å². The maximum atomic E-state index is 13.6. The normalized spacial score (nSPS) is 12.0. The summed E-state index contributed by atoms with van der Waals surface area (Å²) in [7, 11) is 3.01. The molecule has 1 aromatic carbocycles. The number of ether oxygens (including phenoxy) is 2. The number of hydrogen-bond donors (Lipinski definition) is 2. The minimum Gasteiger partial charge on any atom is -0.493 e. The van der Waals surface area contributed by atoms with Crippen molar-refractivity contribution in [1.82, 2.24) is 15.4 Å². The van der Waals surface area contributed by atoms with Crippen molar-refractivity contribution in [3.05, 3.63) is 35.6 Å². The zero-order valence-corrected chi connectivity index (χ0v) is 22.3. The number of aryl methyl sites for hydroxylation is 1. The lowest BCUT2D eigenvalue weighted by Crippen LogP contribution is -2.49. The van der Waals surface area contributed by atoms with Crippen molar-refractivity contribution in [2.24, 2.45) is 0 Å². The average Bonchev–Trinajstić information content (AvgIpc) is 3.22. The monoisotopic (exact) mass is 502 g/mol. The highest BCUT2D eigenvalue weighted by molar-refractivity contribution is 5.94. The van der Waals surface area contributed by atoms with Crippen molar-refractivity contribution in [1.29, 1.82) is 0 Å². The van der Waals surface area contributed by atoms with Crippen molar-refractivity contribution in [2.75, 3.05) is 26.1 Å². The number of nitrogens with zero attached hydrogens (tertiary/aromatic N) is 2. The number of anilines is 1. The lowest BCUT2D eigenvalue weighted by atomic mass is 9.99. The average molecular weight is 503 g/mol. The molecule has 0 aliphatic rings. The van der Waals surface area contributed by atoms with E-state index in [0.29, 0.717) is 35.8 Å². The Morgan fingerprint density at radius 2 is 1.86 bits per heavy atom. The number of para-hydroxylation sites is 1. The molecule has 2 aromatic rings. The molecule has 2 N–H and O–H groups in total. The third-order valence-electron chi connectivity index (χ3n) is 5.32. The highest BCUT2D eigenvalue weighted by Gasteiger charge is 2.35. The van der Waals surface area contributed by atoms with Gasteiger partial charge in [-0.05, 0) is 40.2 Å². The first kappa shape index (κ1) is 28.7. The molecule has 1 atom stereocenters. The van der Waals surface area contributed by atoms with Gasteiger partial charge in [0.25, 0.3) is 0 Å². The number of carbonyl (C=O) groups excluding carboxylic acids is 3. The molecule has 198 valence electrons. The van der Waals surface area contributed by atoms with Crippen LogP contribution in [-0.2, 0) is 14.4 Å². The summed E-state index contributed by atoms with van der Waals surface area (Å²) in [5.74, 6) is 0.635. The summed E-state index contributed by atoms with van der Waals surface area (Å²) in [5.41, 5.74) is -0.0261. The van der Waals surface area contributed by atoms with Crippen LogP contribution in [-0.4, -0.2) is 54.1 Å². The Labute approximate surface area is 212 Å². The Bertz CT molecular complexity index is 1040. The van der Waals surface area contributed by atoms with Gasteiger partial charge in [0.15, 0.2) is 17.3 Å². The molecule has 0 unspecified atom stereocenters. The fourth-order valence-corrected chi connectivity index (χ4v) is 3.74. The highest BCUT2D eigenvalue weighted by atomic mass is 16.5. The fraction of sp³-hybridized carbons (Fsp3) is 0.538. The molecule has 0 radical (unpaired) electrons. The van der Waals surface area contributed by atoms with Crippen molar-refractivity contribution in [2.45, 2.75) is 71.9 Å². The lowest BCUT2D eigenvalue weighted by Gasteiger charge is -2.34. The summed E-state index contributed by atoms with van der Waals surface area (Å²) in [6.07, 6.45) is 1.34. The summed E-state index contributed by atoms with van der Waals surface area (Å²) in [6, 6.07) is 5.85. The molecule has 0 spiro atoms. The topological polar surface area (TPSA) is 123 Å². The van der Waals surface area contributed by atoms with Crippen LogP contribution in [0.15, 0.2) is 28.8 Å². The minimum atomic E-state index is -0.977. The van der Waals surface area contributed by atoms with E-state index >= 15 is 0 Å². The van der Waals surface area contributed by atoms with Gasteiger partial charge in [-0.1, -0.05) is 30.6 Å². The number of hydrogen-bond acceptors (Lipinski definition) is 7. The van der Waals surface area contributed by atoms with Crippen LogP contribution < -0.4 is 20.1 Å². The first-order chi connectivity index (χ1) is 17.0. The van der Waals surface area contributed by atoms with Gasteiger partial charge in [0.1, 0.15) is 11.8 Å². The molecule has 36 heavy (non-hydrogen) atoms. The molecule has 0 fully saturated rings. The van der Waals surface area contributed by atoms with Gasteiger partial charge in [0.2, 0.25) is 17.7 Å². The molecule has 1 aromatic heterocycles. The Balaban J connectivity index is 2.38. The van der Waals surface area contributed by atoms with Gasteiger partial charge < -0.3 is 29.5 Å². The zero-order chi connectivity index (χ0) is 26.9. The number of nitrogens with one attached hydrogen (secondary N) is 2. The maximum Gasteiger partial charge on any atom is 0.247 e. The van der Waals surface area contributed by atoms with Gasteiger partial charge in [-0.15, -0.1) is 0 Å². The second-order valence-electron chi connectivity index (χ2n) is 9.54. The number of aromatic nitrogens is 1. The smallest absolute Gasteiger partial charge is 0.247 e. The third kappa shape index (κ3) is 8.00. The second kappa shape index (κ2) is 12.9. The van der Waals surface area contributed by atoms with Gasteiger partial charge in [-0.2, -0.15) is 0 Å². The van der Waals surface area contributed by atoms with Gasteiger partial charge in [-0.25, -0.2) is 0 Å². The third-order valence-corrected chi connectivity index (χ3v) is 5.32. The maximum absolute atomic E-state index is 13.6. The predicted molar refractivity (Wildman–Crippen MR) is 136 cm³/mol. The quantitative estimate of drug-likeness (QED) is 0.450. The number of rotatable bonds is 12. The molecule has 0 aliphatic heterocycles. The Kier molecular flexibility index (Phi) is 10.3. The first-order valence-electron chi connectivity index (χ1n) is 12.1. The highest BCUT2D eigenvalue weighted by Crippen LogP contribution is 2.38. The standard InChI is InChI=1S/C26H38N4O6/c1-8-9-15-30(22(32)14-13-21(31)27-20-16-17(2)36-29-20)23(25(33)28-26(3,4)5)18-11-10-12-19(34-6)24(18)35-7/h10-12,16,23H,8-9,13-15H2,1-7H3,(H,28,33)(H,27,29,31)/t23-/m1/s1. The van der Waals surface area contributed by atoms with Gasteiger partial charge in [0, 0.05) is 36.6 Å². The van der Waals surface area contributed by atoms with Crippen LogP contribution in [0.2, 0.25) is 0 Å². The zero-order valence-electron chi connectivity index (χ0n) is 22.3. The van der Waals surface area contributed by atoms with Crippen LogP contribution in [0.5, 0.6) is 11.5 Å². The van der Waals surface area contributed by atoms with Gasteiger partial charge >= 0.3 is 0 Å². The molecule has 0 saturated carbocycles. The first-order valence-corrected chi connectivity index (χ1v) is 12.1. The van der Waals surface area contributed by atoms with Crippen molar-refractivity contribution in [3.63, 3.8) is 0 Å². The summed E-state index contributed by atoms with van der Waals surface area (Å²) in [4.78, 5) is 41.1. The van der Waals surface area contributed by atoms with E-state index in [2.05, 4.69) is 15.8 Å². The van der Waals surface area contributed by atoms with E-state index in [1.165, 1.54) is 19.1 Å². The van der Waals surface area contributed by atoms with E-state index in [1.54, 1.807) is 31.2 Å². The van der Waals surface area contributed by atoms with Crippen LogP contribution in [0.4, 0.5) is 5.82 Å². The molecule has 10 heteroatoms. The summed E-state index contributed by atoms with van der Waals surface area (Å²) < 4.78 is 16.0. The van der Waals surface area contributed by atoms with E-state index in [-0.39, 0.29) is 36.4 Å². The molecule has 0 bridgehead atoms. The lowest BCUT2D eigenvalue weighted by molar-refractivity contribution is -0.142. The SMILES string of the molecule is CCCCN(C(=O)CCC(=O)Nc1cc(C)on1)[C@@H](C(=O)NC(C)(C)C)c1cccc(OC)c1OC. The summed E-state index contributed by atoms with van der Waals surface area (Å²) in [5, 5.41) is 9.35. The van der Waals surface area contributed by atoms with E-state index in [1.807, 2.05) is 27.7 Å². The van der Waals surface area contributed by atoms with E-state index < -0.39 is 11.6 Å². The van der Waals surface area contributed by atoms with Crippen molar-refractivity contribution < 1.29 is 28.4 Å². The molecular weight excluding hydrogens is 464 g/mol. The molecule has 3 amide bonds. The minimum absolute atomic E-state index is 0.0732. The van der Waals surface area contributed by atoms with E-state index in [4.69, 9.17) is 14.0 Å². The molecule has 0 aliphatic carbocycles. The Morgan fingerprint density at radius 3 is 2.42 bits per heavy atom. The number of methoxy groups -OCH3 is 2. The van der Waals surface area contributed by atoms with Crippen LogP contribution in [0, 0.1) is 6.92 Å². The summed E-state index contributed by atoms with van der Waals surface area (Å²) >= 11 is 0. The molecule has 1 heterocycles. The van der Waals surface area contributed by atoms with E-state index in [0.717, 1.165) is 6.42 Å². The largest absolute Gasteiger partial charge is 0.493 e. The second-order valence-corrected chi connectivity index (χ2v) is 9.54. The van der Waals surface area contributed by atoms with Gasteiger partial charge in [0.05, 0.1) is 14.2 Å².